The van der Waals surface area contributed by atoms with E-state index >= 15 is 0 Å². The average molecular weight is 310 g/mol. The number of nitrogens with zero attached hydrogens (tertiary/aromatic N) is 2. The molecule has 21 heavy (non-hydrogen) atoms. The highest BCUT2D eigenvalue weighted by molar-refractivity contribution is 7.99. The van der Waals surface area contributed by atoms with Gasteiger partial charge in [0.25, 0.3) is 0 Å². The largest absolute Gasteiger partial charge is 0.337 e. The summed E-state index contributed by atoms with van der Waals surface area (Å²) in [6.45, 7) is 9.15. The molecule has 0 aliphatic heterocycles. The Bertz CT molecular complexity index is 482. The quantitative estimate of drug-likeness (QED) is 0.759. The molecule has 1 aromatic rings. The van der Waals surface area contributed by atoms with Crippen molar-refractivity contribution in [1.82, 2.24) is 15.1 Å². The van der Waals surface area contributed by atoms with E-state index < -0.39 is 0 Å². The molecule has 0 spiro atoms. The number of aryl methyl sites for hydroxylation is 1. The lowest BCUT2D eigenvalue weighted by Gasteiger charge is -2.16. The van der Waals surface area contributed by atoms with Gasteiger partial charge in [-0.25, -0.2) is 9.48 Å². The summed E-state index contributed by atoms with van der Waals surface area (Å²) >= 11 is 1.84. The van der Waals surface area contributed by atoms with Crippen LogP contribution in [0.25, 0.3) is 0 Å². The Labute approximate surface area is 131 Å². The number of thioether (sulfide) groups is 1. The predicted octanol–water partition coefficient (Wildman–Crippen LogP) is 3.43. The summed E-state index contributed by atoms with van der Waals surface area (Å²) in [5.41, 5.74) is 1.01. The maximum atomic E-state index is 12.0. The lowest BCUT2D eigenvalue weighted by molar-refractivity contribution is 0.252. The van der Waals surface area contributed by atoms with Gasteiger partial charge in [0, 0.05) is 17.9 Å². The number of urea groups is 1. The third-order valence-electron chi connectivity index (χ3n) is 3.74. The van der Waals surface area contributed by atoms with E-state index in [1.807, 2.05) is 29.6 Å². The third-order valence-corrected chi connectivity index (χ3v) is 4.85. The van der Waals surface area contributed by atoms with E-state index in [0.29, 0.717) is 23.8 Å². The van der Waals surface area contributed by atoms with Crippen LogP contribution in [-0.4, -0.2) is 33.4 Å². The van der Waals surface area contributed by atoms with Crippen LogP contribution in [0.4, 0.5) is 10.6 Å². The van der Waals surface area contributed by atoms with Crippen molar-refractivity contribution in [3.63, 3.8) is 0 Å². The minimum absolute atomic E-state index is 0.146. The van der Waals surface area contributed by atoms with Crippen LogP contribution in [0.3, 0.4) is 0 Å². The minimum Gasteiger partial charge on any atom is -0.337 e. The predicted molar refractivity (Wildman–Crippen MR) is 89.0 cm³/mol. The molecule has 1 heterocycles. The van der Waals surface area contributed by atoms with Crippen molar-refractivity contribution < 1.29 is 4.79 Å². The number of carbonyl (C=O) groups is 1. The fraction of sp³-hybridized carbons (Fsp3) is 0.733. The van der Waals surface area contributed by atoms with Gasteiger partial charge >= 0.3 is 6.03 Å². The molecule has 0 radical (unpaired) electrons. The fourth-order valence-electron chi connectivity index (χ4n) is 2.30. The van der Waals surface area contributed by atoms with Crippen molar-refractivity contribution >= 4 is 23.6 Å². The Morgan fingerprint density at radius 1 is 1.48 bits per heavy atom. The maximum Gasteiger partial charge on any atom is 0.320 e. The summed E-state index contributed by atoms with van der Waals surface area (Å²) in [4.78, 5) is 12.0. The van der Waals surface area contributed by atoms with E-state index in [1.54, 1.807) is 0 Å². The number of rotatable bonds is 7. The second-order valence-electron chi connectivity index (χ2n) is 6.00. The molecule has 2 N–H and O–H groups in total. The first-order valence-corrected chi connectivity index (χ1v) is 8.74. The molecule has 6 heteroatoms. The summed E-state index contributed by atoms with van der Waals surface area (Å²) in [7, 11) is 0. The summed E-state index contributed by atoms with van der Waals surface area (Å²) in [5, 5.41) is 10.9. The molecule has 1 saturated carbocycles. The van der Waals surface area contributed by atoms with Gasteiger partial charge in [0.2, 0.25) is 0 Å². The molecule has 1 fully saturated rings. The maximum absolute atomic E-state index is 12.0. The van der Waals surface area contributed by atoms with Crippen LogP contribution in [0.5, 0.6) is 0 Å². The molecule has 1 unspecified atom stereocenters. The number of nitrogens with one attached hydrogen (secondary N) is 2. The van der Waals surface area contributed by atoms with Gasteiger partial charge in [0.1, 0.15) is 5.82 Å². The zero-order valence-electron chi connectivity index (χ0n) is 13.3. The summed E-state index contributed by atoms with van der Waals surface area (Å²) in [5.74, 6) is 2.46. The summed E-state index contributed by atoms with van der Waals surface area (Å²) < 4.78 is 1.95. The molecule has 2 rings (SSSR count). The van der Waals surface area contributed by atoms with Crippen LogP contribution >= 0.6 is 11.8 Å². The first kappa shape index (κ1) is 16.2. The Hall–Kier alpha value is -1.17. The Balaban J connectivity index is 1.86. The van der Waals surface area contributed by atoms with E-state index in [-0.39, 0.29) is 6.03 Å². The molecule has 1 aliphatic rings. The lowest BCUT2D eigenvalue weighted by Crippen LogP contribution is -2.32. The van der Waals surface area contributed by atoms with Crippen LogP contribution in [0.15, 0.2) is 6.20 Å². The summed E-state index contributed by atoms with van der Waals surface area (Å²) in [6.07, 6.45) is 4.35. The average Bonchev–Trinajstić information content (AvgIpc) is 3.21. The van der Waals surface area contributed by atoms with Crippen molar-refractivity contribution in [2.75, 3.05) is 17.6 Å². The summed E-state index contributed by atoms with van der Waals surface area (Å²) in [6, 6.07) is 0.206. The second kappa shape index (κ2) is 7.20. The van der Waals surface area contributed by atoms with Crippen LogP contribution in [0.1, 0.15) is 45.2 Å². The number of aromatic nitrogens is 2. The first-order valence-electron chi connectivity index (χ1n) is 7.69. The van der Waals surface area contributed by atoms with Gasteiger partial charge in [-0.2, -0.15) is 16.9 Å². The fourth-order valence-corrected chi connectivity index (χ4v) is 2.99. The molecule has 0 saturated heterocycles. The highest BCUT2D eigenvalue weighted by Gasteiger charge is 2.31. The topological polar surface area (TPSA) is 59.0 Å². The van der Waals surface area contributed by atoms with Crippen molar-refractivity contribution in [2.45, 2.75) is 51.8 Å². The molecule has 1 aliphatic carbocycles. The molecule has 5 nitrogen and oxygen atoms in total. The lowest BCUT2D eigenvalue weighted by atomic mass is 10.2. The Morgan fingerprint density at radius 3 is 2.81 bits per heavy atom. The second-order valence-corrected chi connectivity index (χ2v) is 7.68. The van der Waals surface area contributed by atoms with Crippen LogP contribution < -0.4 is 10.6 Å². The van der Waals surface area contributed by atoms with Gasteiger partial charge in [-0.3, -0.25) is 5.32 Å². The van der Waals surface area contributed by atoms with Crippen molar-refractivity contribution in [3.8, 4) is 0 Å². The first-order chi connectivity index (χ1) is 9.99. The number of anilines is 1. The highest BCUT2D eigenvalue weighted by atomic mass is 32.2. The van der Waals surface area contributed by atoms with Crippen molar-refractivity contribution in [1.29, 1.82) is 0 Å². The van der Waals surface area contributed by atoms with Gasteiger partial charge in [0.15, 0.2) is 0 Å². The Morgan fingerprint density at radius 2 is 2.19 bits per heavy atom. The molecule has 0 aromatic carbocycles. The van der Waals surface area contributed by atoms with E-state index in [4.69, 9.17) is 0 Å². The standard InChI is InChI=1S/C15H26N4OS/c1-10(2)21-8-7-16-15(20)18-14-11(3)9-17-19(14)12(4)13-5-6-13/h9-10,12-13H,5-8H2,1-4H3,(H2,16,18,20). The highest BCUT2D eigenvalue weighted by Crippen LogP contribution is 2.40. The van der Waals surface area contributed by atoms with Gasteiger partial charge in [-0.05, 0) is 37.9 Å². The van der Waals surface area contributed by atoms with E-state index in [9.17, 15) is 4.79 Å². The zero-order chi connectivity index (χ0) is 15.4. The Kier molecular flexibility index (Phi) is 5.56. The number of hydrogen-bond donors (Lipinski definition) is 2. The number of hydrogen-bond acceptors (Lipinski definition) is 3. The van der Waals surface area contributed by atoms with Crippen molar-refractivity contribution in [3.05, 3.63) is 11.8 Å². The van der Waals surface area contributed by atoms with Gasteiger partial charge in [-0.15, -0.1) is 0 Å². The van der Waals surface area contributed by atoms with E-state index in [2.05, 4.69) is 36.5 Å². The number of amides is 2. The molecule has 118 valence electrons. The van der Waals surface area contributed by atoms with Crippen LogP contribution in [-0.2, 0) is 0 Å². The molecule has 0 bridgehead atoms. The van der Waals surface area contributed by atoms with Gasteiger partial charge < -0.3 is 5.32 Å². The van der Waals surface area contributed by atoms with E-state index in [0.717, 1.165) is 17.1 Å². The molecular weight excluding hydrogens is 284 g/mol. The smallest absolute Gasteiger partial charge is 0.320 e. The molecule has 2 amide bonds. The van der Waals surface area contributed by atoms with Crippen molar-refractivity contribution in [2.24, 2.45) is 5.92 Å². The van der Waals surface area contributed by atoms with Crippen LogP contribution in [0, 0.1) is 12.8 Å². The molecular formula is C15H26N4OS. The van der Waals surface area contributed by atoms with Gasteiger partial charge in [-0.1, -0.05) is 13.8 Å². The number of carbonyl (C=O) groups excluding carboxylic acids is 1. The van der Waals surface area contributed by atoms with E-state index in [1.165, 1.54) is 12.8 Å². The van der Waals surface area contributed by atoms with Crippen LogP contribution in [0.2, 0.25) is 0 Å². The monoisotopic (exact) mass is 310 g/mol. The SMILES string of the molecule is Cc1cnn(C(C)C2CC2)c1NC(=O)NCCSC(C)C. The zero-order valence-corrected chi connectivity index (χ0v) is 14.2. The molecule has 1 aromatic heterocycles. The third kappa shape index (κ3) is 4.66. The van der Waals surface area contributed by atoms with Gasteiger partial charge in [0.05, 0.1) is 12.2 Å². The normalized spacial score (nSPS) is 16.0. The molecule has 1 atom stereocenters. The minimum atomic E-state index is -0.146.